The SMILES string of the molecule is CC(Sc1nnc(-c2ccccc2F)n1Cc1ccccc1)C(=O)Nc1ccc(Cl)cn1. The number of nitrogens with one attached hydrogen (secondary N) is 1. The molecule has 0 fully saturated rings. The van der Waals surface area contributed by atoms with E-state index in [-0.39, 0.29) is 11.7 Å². The lowest BCUT2D eigenvalue weighted by atomic mass is 10.2. The fourth-order valence-electron chi connectivity index (χ4n) is 3.02. The molecule has 1 unspecified atom stereocenters. The largest absolute Gasteiger partial charge is 0.310 e. The van der Waals surface area contributed by atoms with Crippen molar-refractivity contribution in [3.05, 3.63) is 89.3 Å². The van der Waals surface area contributed by atoms with Crippen LogP contribution in [0.4, 0.5) is 10.2 Å². The lowest BCUT2D eigenvalue weighted by molar-refractivity contribution is -0.115. The van der Waals surface area contributed by atoms with Gasteiger partial charge in [0.15, 0.2) is 11.0 Å². The van der Waals surface area contributed by atoms with Crippen molar-refractivity contribution >= 4 is 35.1 Å². The Hall–Kier alpha value is -3.23. The van der Waals surface area contributed by atoms with Gasteiger partial charge in [-0.05, 0) is 36.8 Å². The molecule has 0 radical (unpaired) electrons. The van der Waals surface area contributed by atoms with Crippen LogP contribution >= 0.6 is 23.4 Å². The molecule has 4 aromatic rings. The summed E-state index contributed by atoms with van der Waals surface area (Å²) in [5.41, 5.74) is 1.36. The Morgan fingerprint density at radius 2 is 1.84 bits per heavy atom. The van der Waals surface area contributed by atoms with E-state index in [0.717, 1.165) is 5.56 Å². The fraction of sp³-hybridized carbons (Fsp3) is 0.130. The minimum absolute atomic E-state index is 0.244. The molecule has 0 aliphatic heterocycles. The molecule has 2 heterocycles. The van der Waals surface area contributed by atoms with E-state index in [1.807, 2.05) is 34.9 Å². The van der Waals surface area contributed by atoms with E-state index in [0.29, 0.717) is 33.9 Å². The highest BCUT2D eigenvalue weighted by atomic mass is 35.5. The molecule has 162 valence electrons. The van der Waals surface area contributed by atoms with Gasteiger partial charge in [0.2, 0.25) is 5.91 Å². The average Bonchev–Trinajstić information content (AvgIpc) is 3.18. The highest BCUT2D eigenvalue weighted by Gasteiger charge is 2.22. The van der Waals surface area contributed by atoms with E-state index in [2.05, 4.69) is 20.5 Å². The smallest absolute Gasteiger partial charge is 0.238 e. The Balaban J connectivity index is 1.60. The van der Waals surface area contributed by atoms with Crippen molar-refractivity contribution in [2.75, 3.05) is 5.32 Å². The van der Waals surface area contributed by atoms with Gasteiger partial charge in [0.25, 0.3) is 0 Å². The number of carbonyl (C=O) groups excluding carboxylic acids is 1. The van der Waals surface area contributed by atoms with Gasteiger partial charge in [0.05, 0.1) is 22.4 Å². The third kappa shape index (κ3) is 5.15. The molecule has 1 amide bonds. The van der Waals surface area contributed by atoms with Gasteiger partial charge in [0.1, 0.15) is 11.6 Å². The van der Waals surface area contributed by atoms with Crippen LogP contribution in [-0.2, 0) is 11.3 Å². The summed E-state index contributed by atoms with van der Waals surface area (Å²) >= 11 is 7.08. The van der Waals surface area contributed by atoms with Crippen LogP contribution in [-0.4, -0.2) is 30.9 Å². The predicted molar refractivity (Wildman–Crippen MR) is 124 cm³/mol. The summed E-state index contributed by atoms with van der Waals surface area (Å²) in [5.74, 6) is 0.183. The van der Waals surface area contributed by atoms with Crippen molar-refractivity contribution in [3.8, 4) is 11.4 Å². The van der Waals surface area contributed by atoms with Crippen LogP contribution in [0.5, 0.6) is 0 Å². The van der Waals surface area contributed by atoms with Crippen molar-refractivity contribution < 1.29 is 9.18 Å². The van der Waals surface area contributed by atoms with E-state index in [1.165, 1.54) is 24.0 Å². The first kappa shape index (κ1) is 22.0. The zero-order chi connectivity index (χ0) is 22.5. The molecule has 9 heteroatoms. The molecule has 2 aromatic heterocycles. The van der Waals surface area contributed by atoms with Gasteiger partial charge in [-0.3, -0.25) is 9.36 Å². The summed E-state index contributed by atoms with van der Waals surface area (Å²) in [6.45, 7) is 2.20. The summed E-state index contributed by atoms with van der Waals surface area (Å²) in [6, 6.07) is 19.5. The number of anilines is 1. The summed E-state index contributed by atoms with van der Waals surface area (Å²) in [4.78, 5) is 16.8. The predicted octanol–water partition coefficient (Wildman–Crippen LogP) is 5.30. The first-order valence-electron chi connectivity index (χ1n) is 9.82. The zero-order valence-corrected chi connectivity index (χ0v) is 18.6. The number of hydrogen-bond donors (Lipinski definition) is 1. The van der Waals surface area contributed by atoms with Crippen LogP contribution in [0.3, 0.4) is 0 Å². The topological polar surface area (TPSA) is 72.7 Å². The minimum atomic E-state index is -0.500. The number of pyridine rings is 1. The molecule has 1 atom stereocenters. The Bertz CT molecular complexity index is 1220. The number of carbonyl (C=O) groups is 1. The monoisotopic (exact) mass is 467 g/mol. The quantitative estimate of drug-likeness (QED) is 0.373. The maximum Gasteiger partial charge on any atom is 0.238 e. The van der Waals surface area contributed by atoms with E-state index >= 15 is 0 Å². The zero-order valence-electron chi connectivity index (χ0n) is 17.1. The number of benzene rings is 2. The second-order valence-corrected chi connectivity index (χ2v) is 8.71. The van der Waals surface area contributed by atoms with Gasteiger partial charge in [0, 0.05) is 6.20 Å². The van der Waals surface area contributed by atoms with Crippen LogP contribution in [0, 0.1) is 5.82 Å². The van der Waals surface area contributed by atoms with Gasteiger partial charge in [-0.25, -0.2) is 9.37 Å². The number of nitrogens with zero attached hydrogens (tertiary/aromatic N) is 4. The van der Waals surface area contributed by atoms with Crippen LogP contribution in [0.1, 0.15) is 12.5 Å². The highest BCUT2D eigenvalue weighted by molar-refractivity contribution is 8.00. The van der Waals surface area contributed by atoms with Crippen LogP contribution in [0.15, 0.2) is 78.1 Å². The van der Waals surface area contributed by atoms with E-state index in [4.69, 9.17) is 11.6 Å². The number of halogens is 2. The summed E-state index contributed by atoms with van der Waals surface area (Å²) in [6.07, 6.45) is 1.46. The Morgan fingerprint density at radius 3 is 2.56 bits per heavy atom. The summed E-state index contributed by atoms with van der Waals surface area (Å²) in [5, 5.41) is 11.8. The molecule has 0 saturated carbocycles. The van der Waals surface area contributed by atoms with Crippen molar-refractivity contribution in [1.82, 2.24) is 19.7 Å². The molecule has 0 aliphatic rings. The second-order valence-electron chi connectivity index (χ2n) is 6.97. The molecule has 1 N–H and O–H groups in total. The lowest BCUT2D eigenvalue weighted by Gasteiger charge is -2.14. The van der Waals surface area contributed by atoms with Crippen molar-refractivity contribution in [3.63, 3.8) is 0 Å². The summed E-state index contributed by atoms with van der Waals surface area (Å²) < 4.78 is 16.3. The second kappa shape index (κ2) is 9.93. The lowest BCUT2D eigenvalue weighted by Crippen LogP contribution is -2.23. The Labute approximate surface area is 193 Å². The normalized spacial score (nSPS) is 11.8. The molecular weight excluding hydrogens is 449 g/mol. The Kier molecular flexibility index (Phi) is 6.82. The molecule has 32 heavy (non-hydrogen) atoms. The van der Waals surface area contributed by atoms with Crippen LogP contribution in [0.25, 0.3) is 11.4 Å². The molecule has 4 rings (SSSR count). The van der Waals surface area contributed by atoms with Crippen molar-refractivity contribution in [2.24, 2.45) is 0 Å². The average molecular weight is 468 g/mol. The fourth-order valence-corrected chi connectivity index (χ4v) is 3.98. The maximum atomic E-state index is 14.5. The number of thioether (sulfide) groups is 1. The van der Waals surface area contributed by atoms with Gasteiger partial charge >= 0.3 is 0 Å². The molecule has 0 saturated heterocycles. The van der Waals surface area contributed by atoms with Crippen molar-refractivity contribution in [2.45, 2.75) is 23.9 Å². The van der Waals surface area contributed by atoms with E-state index in [1.54, 1.807) is 37.3 Å². The number of hydrogen-bond acceptors (Lipinski definition) is 5. The minimum Gasteiger partial charge on any atom is -0.310 e. The van der Waals surface area contributed by atoms with E-state index < -0.39 is 5.25 Å². The molecular formula is C23H19ClFN5OS. The van der Waals surface area contributed by atoms with E-state index in [9.17, 15) is 9.18 Å². The van der Waals surface area contributed by atoms with Crippen molar-refractivity contribution in [1.29, 1.82) is 0 Å². The third-order valence-electron chi connectivity index (χ3n) is 4.65. The molecule has 6 nitrogen and oxygen atoms in total. The first-order chi connectivity index (χ1) is 15.5. The van der Waals surface area contributed by atoms with Gasteiger partial charge < -0.3 is 5.32 Å². The van der Waals surface area contributed by atoms with Gasteiger partial charge in [-0.15, -0.1) is 10.2 Å². The van der Waals surface area contributed by atoms with Gasteiger partial charge in [-0.1, -0.05) is 65.8 Å². The first-order valence-corrected chi connectivity index (χ1v) is 11.1. The number of aromatic nitrogens is 4. The van der Waals surface area contributed by atoms with Crippen LogP contribution in [0.2, 0.25) is 5.02 Å². The maximum absolute atomic E-state index is 14.5. The van der Waals surface area contributed by atoms with Crippen LogP contribution < -0.4 is 5.32 Å². The highest BCUT2D eigenvalue weighted by Crippen LogP contribution is 2.29. The standard InChI is InChI=1S/C23H19ClFN5OS/c1-15(22(31)27-20-12-11-17(24)13-26-20)32-23-29-28-21(18-9-5-6-10-19(18)25)30(23)14-16-7-3-2-4-8-16/h2-13,15H,14H2,1H3,(H,26,27,31). The Morgan fingerprint density at radius 1 is 1.09 bits per heavy atom. The molecule has 2 aromatic carbocycles. The third-order valence-corrected chi connectivity index (χ3v) is 5.95. The summed E-state index contributed by atoms with van der Waals surface area (Å²) in [7, 11) is 0. The number of amides is 1. The molecule has 0 aliphatic carbocycles. The molecule has 0 bridgehead atoms. The van der Waals surface area contributed by atoms with Gasteiger partial charge in [-0.2, -0.15) is 0 Å². The molecule has 0 spiro atoms. The number of rotatable bonds is 7.